The Labute approximate surface area is 234 Å². The van der Waals surface area contributed by atoms with Gasteiger partial charge in [0.1, 0.15) is 17.6 Å². The third-order valence-electron chi connectivity index (χ3n) is 6.18. The number of halogens is 3. The Balaban J connectivity index is 1.30. The smallest absolute Gasteiger partial charge is 0.416 e. The number of carbonyl (C=O) groups is 2. The number of carboxylic acid groups (broad SMARTS) is 1. The minimum absolute atomic E-state index is 0.0330. The number of rotatable bonds is 11. The molecule has 0 spiro atoms. The monoisotopic (exact) mass is 564 g/mol. The van der Waals surface area contributed by atoms with Gasteiger partial charge in [-0.05, 0) is 54.5 Å². The number of aliphatic carboxylic acids is 1. The molecule has 1 aromatic heterocycles. The fourth-order valence-corrected chi connectivity index (χ4v) is 4.07. The summed E-state index contributed by atoms with van der Waals surface area (Å²) >= 11 is 0. The molecule has 0 radical (unpaired) electrons. The summed E-state index contributed by atoms with van der Waals surface area (Å²) in [6.07, 6.45) is -2.20. The molecule has 10 heteroatoms. The predicted octanol–water partition coefficient (Wildman–Crippen LogP) is 6.12. The number of aromatic nitrogens is 1. The van der Waals surface area contributed by atoms with E-state index in [0.29, 0.717) is 36.0 Å². The summed E-state index contributed by atoms with van der Waals surface area (Å²) in [4.78, 5) is 28.6. The summed E-state index contributed by atoms with van der Waals surface area (Å²) < 4.78 is 51.0. The van der Waals surface area contributed by atoms with Gasteiger partial charge in [-0.2, -0.15) is 13.2 Å². The molecule has 0 saturated heterocycles. The number of oxazole rings is 1. The Bertz CT molecular complexity index is 1510. The average molecular weight is 565 g/mol. The van der Waals surface area contributed by atoms with Crippen molar-refractivity contribution in [2.75, 3.05) is 6.61 Å². The van der Waals surface area contributed by atoms with Crippen LogP contribution in [-0.4, -0.2) is 34.6 Å². The van der Waals surface area contributed by atoms with Crippen molar-refractivity contribution in [3.05, 3.63) is 113 Å². The van der Waals surface area contributed by atoms with Gasteiger partial charge < -0.3 is 19.6 Å². The van der Waals surface area contributed by atoms with Crippen LogP contribution in [0.25, 0.3) is 17.5 Å². The standard InChI is InChI=1S/C31H27F3N2O5/c1-20-26(36-29(41-20)23-8-3-2-4-9-23)17-18-40-24-14-11-21(12-15-24)19-27(30(38)39)35-28(37)16-13-22-7-5-6-10-25(22)31(32,33)34/h2-16,27H,17-19H2,1H3,(H,35,37)(H,38,39)/b16-13+/t27-/m0/s1. The Kier molecular flexibility index (Phi) is 9.23. The van der Waals surface area contributed by atoms with E-state index >= 15 is 0 Å². The quantitative estimate of drug-likeness (QED) is 0.213. The first-order valence-electron chi connectivity index (χ1n) is 12.7. The average Bonchev–Trinajstić information content (AvgIpc) is 3.32. The lowest BCUT2D eigenvalue weighted by Gasteiger charge is -2.14. The lowest BCUT2D eigenvalue weighted by atomic mass is 10.1. The highest BCUT2D eigenvalue weighted by Gasteiger charge is 2.32. The second kappa shape index (κ2) is 13.0. The number of benzene rings is 3. The number of alkyl halides is 3. The molecule has 0 fully saturated rings. The van der Waals surface area contributed by atoms with Crippen LogP contribution in [0.15, 0.2) is 89.4 Å². The Morgan fingerprint density at radius 2 is 1.71 bits per heavy atom. The van der Waals surface area contributed by atoms with Gasteiger partial charge in [-0.1, -0.05) is 48.5 Å². The molecule has 1 heterocycles. The van der Waals surface area contributed by atoms with Gasteiger partial charge in [0.25, 0.3) is 0 Å². The van der Waals surface area contributed by atoms with Gasteiger partial charge in [0, 0.05) is 24.5 Å². The van der Waals surface area contributed by atoms with Gasteiger partial charge in [0.05, 0.1) is 17.9 Å². The third kappa shape index (κ3) is 8.07. The van der Waals surface area contributed by atoms with E-state index in [4.69, 9.17) is 9.15 Å². The van der Waals surface area contributed by atoms with Gasteiger partial charge >= 0.3 is 12.1 Å². The predicted molar refractivity (Wildman–Crippen MR) is 146 cm³/mol. The van der Waals surface area contributed by atoms with E-state index in [0.717, 1.165) is 29.5 Å². The van der Waals surface area contributed by atoms with Gasteiger partial charge in [0.15, 0.2) is 0 Å². The zero-order valence-corrected chi connectivity index (χ0v) is 22.0. The normalized spacial score (nSPS) is 12.3. The van der Waals surface area contributed by atoms with E-state index in [1.807, 2.05) is 37.3 Å². The molecule has 0 aliphatic rings. The highest BCUT2D eigenvalue weighted by Crippen LogP contribution is 2.32. The summed E-state index contributed by atoms with van der Waals surface area (Å²) in [5.41, 5.74) is 1.20. The summed E-state index contributed by atoms with van der Waals surface area (Å²) in [6, 6.07) is 19.8. The Morgan fingerprint density at radius 3 is 2.39 bits per heavy atom. The molecular formula is C31H27F3N2O5. The van der Waals surface area contributed by atoms with Crippen molar-refractivity contribution in [1.29, 1.82) is 0 Å². The van der Waals surface area contributed by atoms with Crippen LogP contribution in [0.2, 0.25) is 0 Å². The number of hydrogen-bond donors (Lipinski definition) is 2. The van der Waals surface area contributed by atoms with Gasteiger partial charge in [-0.3, -0.25) is 4.79 Å². The van der Waals surface area contributed by atoms with Crippen molar-refractivity contribution in [2.24, 2.45) is 0 Å². The lowest BCUT2D eigenvalue weighted by molar-refractivity contribution is -0.141. The maximum absolute atomic E-state index is 13.2. The van der Waals surface area contributed by atoms with Crippen molar-refractivity contribution < 1.29 is 37.0 Å². The molecule has 41 heavy (non-hydrogen) atoms. The number of nitrogens with one attached hydrogen (secondary N) is 1. The SMILES string of the molecule is Cc1oc(-c2ccccc2)nc1CCOc1ccc(C[C@H](NC(=O)/C=C/c2ccccc2C(F)(F)F)C(=O)O)cc1. The fourth-order valence-electron chi connectivity index (χ4n) is 4.07. The van der Waals surface area contributed by atoms with Crippen molar-refractivity contribution in [2.45, 2.75) is 32.0 Å². The molecule has 1 atom stereocenters. The number of nitrogens with zero attached hydrogens (tertiary/aromatic N) is 1. The van der Waals surface area contributed by atoms with Crippen molar-refractivity contribution in [1.82, 2.24) is 10.3 Å². The van der Waals surface area contributed by atoms with Gasteiger partial charge in [-0.25, -0.2) is 9.78 Å². The Morgan fingerprint density at radius 1 is 1.02 bits per heavy atom. The highest BCUT2D eigenvalue weighted by atomic mass is 19.4. The molecule has 4 rings (SSSR count). The molecule has 0 aliphatic heterocycles. The summed E-state index contributed by atoms with van der Waals surface area (Å²) in [7, 11) is 0. The molecule has 0 saturated carbocycles. The van der Waals surface area contributed by atoms with Crippen LogP contribution in [0, 0.1) is 6.92 Å². The van der Waals surface area contributed by atoms with Crippen LogP contribution < -0.4 is 10.1 Å². The minimum atomic E-state index is -4.59. The van der Waals surface area contributed by atoms with E-state index < -0.39 is 29.7 Å². The zero-order valence-electron chi connectivity index (χ0n) is 22.0. The van der Waals surface area contributed by atoms with E-state index in [9.17, 15) is 27.9 Å². The van der Waals surface area contributed by atoms with E-state index in [1.54, 1.807) is 24.3 Å². The zero-order chi connectivity index (χ0) is 29.4. The third-order valence-corrected chi connectivity index (χ3v) is 6.18. The first kappa shape index (κ1) is 29.1. The van der Waals surface area contributed by atoms with Crippen molar-refractivity contribution >= 4 is 18.0 Å². The number of hydrogen-bond acceptors (Lipinski definition) is 5. The molecule has 212 valence electrons. The molecule has 4 aromatic rings. The maximum atomic E-state index is 13.2. The molecule has 3 aromatic carbocycles. The van der Waals surface area contributed by atoms with Crippen LogP contribution in [0.4, 0.5) is 13.2 Å². The second-order valence-corrected chi connectivity index (χ2v) is 9.15. The lowest BCUT2D eigenvalue weighted by Crippen LogP contribution is -2.41. The first-order valence-corrected chi connectivity index (χ1v) is 12.7. The van der Waals surface area contributed by atoms with Crippen LogP contribution >= 0.6 is 0 Å². The topological polar surface area (TPSA) is 102 Å². The van der Waals surface area contributed by atoms with E-state index in [1.165, 1.54) is 18.2 Å². The van der Waals surface area contributed by atoms with Crippen LogP contribution in [-0.2, 0) is 28.6 Å². The fraction of sp³-hybridized carbons (Fsp3) is 0.194. The largest absolute Gasteiger partial charge is 0.493 e. The molecule has 7 nitrogen and oxygen atoms in total. The number of aryl methyl sites for hydroxylation is 1. The number of carboxylic acids is 1. The van der Waals surface area contributed by atoms with Crippen LogP contribution in [0.5, 0.6) is 5.75 Å². The molecular weight excluding hydrogens is 537 g/mol. The van der Waals surface area contributed by atoms with Gasteiger partial charge in [0.2, 0.25) is 11.8 Å². The van der Waals surface area contributed by atoms with Crippen molar-refractivity contribution in [3.8, 4) is 17.2 Å². The second-order valence-electron chi connectivity index (χ2n) is 9.15. The first-order chi connectivity index (χ1) is 19.6. The Hall–Kier alpha value is -4.86. The number of amides is 1. The highest BCUT2D eigenvalue weighted by molar-refractivity contribution is 5.94. The minimum Gasteiger partial charge on any atom is -0.493 e. The molecule has 2 N–H and O–H groups in total. The molecule has 0 aliphatic carbocycles. The molecule has 1 amide bonds. The maximum Gasteiger partial charge on any atom is 0.416 e. The summed E-state index contributed by atoms with van der Waals surface area (Å²) in [6.45, 7) is 2.19. The van der Waals surface area contributed by atoms with Crippen molar-refractivity contribution in [3.63, 3.8) is 0 Å². The van der Waals surface area contributed by atoms with Gasteiger partial charge in [-0.15, -0.1) is 0 Å². The number of carbonyl (C=O) groups excluding carboxylic acids is 1. The molecule has 0 unspecified atom stereocenters. The molecule has 0 bridgehead atoms. The number of ether oxygens (including phenoxy) is 1. The van der Waals surface area contributed by atoms with Crippen LogP contribution in [0.1, 0.15) is 28.1 Å². The van der Waals surface area contributed by atoms with E-state index in [2.05, 4.69) is 10.3 Å². The van der Waals surface area contributed by atoms with E-state index in [-0.39, 0.29) is 12.0 Å². The summed E-state index contributed by atoms with van der Waals surface area (Å²) in [5, 5.41) is 11.9. The summed E-state index contributed by atoms with van der Waals surface area (Å²) in [5.74, 6) is -0.276. The van der Waals surface area contributed by atoms with Crippen LogP contribution in [0.3, 0.4) is 0 Å².